The molecule has 6 heteroatoms. The van der Waals surface area contributed by atoms with Crippen molar-refractivity contribution in [2.24, 2.45) is 0 Å². The summed E-state index contributed by atoms with van der Waals surface area (Å²) in [5.41, 5.74) is 2.59. The molecule has 0 saturated carbocycles. The first-order valence-corrected chi connectivity index (χ1v) is 8.65. The summed E-state index contributed by atoms with van der Waals surface area (Å²) in [6.07, 6.45) is 1.71. The predicted molar refractivity (Wildman–Crippen MR) is 91.9 cm³/mol. The maximum Gasteiger partial charge on any atom is 0.264 e. The summed E-state index contributed by atoms with van der Waals surface area (Å²) >= 11 is 0. The van der Waals surface area contributed by atoms with E-state index in [1.54, 1.807) is 34.9 Å². The summed E-state index contributed by atoms with van der Waals surface area (Å²) in [5, 5.41) is 0. The zero-order chi connectivity index (χ0) is 16.4. The third-order valence-corrected chi connectivity index (χ3v) is 4.87. The van der Waals surface area contributed by atoms with E-state index < -0.39 is 10.0 Å². The van der Waals surface area contributed by atoms with Crippen LogP contribution in [0.25, 0.3) is 11.0 Å². The fourth-order valence-corrected chi connectivity index (χ4v) is 3.37. The van der Waals surface area contributed by atoms with Crippen molar-refractivity contribution in [3.8, 4) is 0 Å². The summed E-state index contributed by atoms with van der Waals surface area (Å²) in [4.78, 5) is 4.59. The molecule has 2 aromatic carbocycles. The van der Waals surface area contributed by atoms with E-state index in [9.17, 15) is 8.42 Å². The fraction of sp³-hybridized carbons (Fsp3) is 0.118. The molecule has 0 saturated heterocycles. The van der Waals surface area contributed by atoms with E-state index in [0.29, 0.717) is 6.54 Å². The quantitative estimate of drug-likeness (QED) is 0.731. The van der Waals surface area contributed by atoms with E-state index in [1.807, 2.05) is 31.2 Å². The van der Waals surface area contributed by atoms with Crippen LogP contribution in [0, 0.1) is 6.92 Å². The molecule has 3 aromatic rings. The van der Waals surface area contributed by atoms with Crippen LogP contribution in [0.5, 0.6) is 0 Å². The first-order valence-electron chi connectivity index (χ1n) is 7.17. The molecule has 0 bridgehead atoms. The number of nitrogens with zero attached hydrogens (tertiary/aromatic N) is 2. The Kier molecular flexibility index (Phi) is 3.92. The molecular weight excluding hydrogens is 310 g/mol. The van der Waals surface area contributed by atoms with Crippen LogP contribution in [-0.4, -0.2) is 18.0 Å². The van der Waals surface area contributed by atoms with Crippen LogP contribution in [0.3, 0.4) is 0 Å². The second-order valence-electron chi connectivity index (χ2n) is 5.24. The van der Waals surface area contributed by atoms with Crippen molar-refractivity contribution in [1.82, 2.24) is 9.55 Å². The molecule has 118 valence electrons. The minimum atomic E-state index is -3.69. The first-order chi connectivity index (χ1) is 11.0. The number of fused-ring (bicyclic) bond motifs is 1. The summed E-state index contributed by atoms with van der Waals surface area (Å²) in [6.45, 7) is 6.10. The second kappa shape index (κ2) is 5.89. The van der Waals surface area contributed by atoms with Crippen molar-refractivity contribution in [1.29, 1.82) is 0 Å². The Bertz CT molecular complexity index is 957. The maximum absolute atomic E-state index is 12.6. The van der Waals surface area contributed by atoms with Crippen molar-refractivity contribution in [3.05, 3.63) is 66.7 Å². The molecule has 1 N–H and O–H groups in total. The van der Waals surface area contributed by atoms with Crippen LogP contribution in [-0.2, 0) is 16.6 Å². The first kappa shape index (κ1) is 15.3. The van der Waals surface area contributed by atoms with Gasteiger partial charge < -0.3 is 4.57 Å². The van der Waals surface area contributed by atoms with Gasteiger partial charge in [-0.15, -0.1) is 6.58 Å². The standard InChI is InChI=1S/C17H17N3O2S/c1-3-12-20-16-7-5-4-6-15(16)18-17(20)19-23(21,22)14-10-8-13(2)9-11-14/h3-11H,1,12H2,2H3,(H,18,19). The number of anilines is 1. The lowest BCUT2D eigenvalue weighted by atomic mass is 10.2. The van der Waals surface area contributed by atoms with Gasteiger partial charge in [0.15, 0.2) is 0 Å². The molecule has 0 radical (unpaired) electrons. The number of allylic oxidation sites excluding steroid dienone is 1. The molecule has 0 unspecified atom stereocenters. The molecule has 23 heavy (non-hydrogen) atoms. The smallest absolute Gasteiger partial charge is 0.264 e. The molecule has 0 spiro atoms. The van der Waals surface area contributed by atoms with Gasteiger partial charge in [0.05, 0.1) is 15.9 Å². The van der Waals surface area contributed by atoms with Crippen molar-refractivity contribution < 1.29 is 8.42 Å². The normalized spacial score (nSPS) is 11.5. The molecular formula is C17H17N3O2S. The van der Waals surface area contributed by atoms with Gasteiger partial charge in [0.1, 0.15) is 0 Å². The van der Waals surface area contributed by atoms with Gasteiger partial charge in [-0.1, -0.05) is 35.9 Å². The van der Waals surface area contributed by atoms with Gasteiger partial charge in [0.25, 0.3) is 10.0 Å². The van der Waals surface area contributed by atoms with E-state index in [2.05, 4.69) is 16.3 Å². The van der Waals surface area contributed by atoms with Crippen LogP contribution in [0.2, 0.25) is 0 Å². The van der Waals surface area contributed by atoms with Gasteiger partial charge in [0.2, 0.25) is 5.95 Å². The molecule has 0 fully saturated rings. The summed E-state index contributed by atoms with van der Waals surface area (Å²) < 4.78 is 29.5. The third-order valence-electron chi connectivity index (χ3n) is 3.52. The summed E-state index contributed by atoms with van der Waals surface area (Å²) in [7, 11) is -3.69. The molecule has 0 aliphatic heterocycles. The van der Waals surface area contributed by atoms with Crippen molar-refractivity contribution in [2.75, 3.05) is 4.72 Å². The molecule has 0 amide bonds. The van der Waals surface area contributed by atoms with E-state index >= 15 is 0 Å². The lowest BCUT2D eigenvalue weighted by molar-refractivity contribution is 0.600. The number of nitrogens with one attached hydrogen (secondary N) is 1. The van der Waals surface area contributed by atoms with E-state index in [1.165, 1.54) is 0 Å². The molecule has 0 atom stereocenters. The van der Waals surface area contributed by atoms with Crippen LogP contribution >= 0.6 is 0 Å². The minimum Gasteiger partial charge on any atom is -0.306 e. The lowest BCUT2D eigenvalue weighted by Gasteiger charge is -2.10. The molecule has 3 rings (SSSR count). The Hall–Kier alpha value is -2.60. The highest BCUT2D eigenvalue weighted by molar-refractivity contribution is 7.92. The molecule has 0 aliphatic rings. The highest BCUT2D eigenvalue weighted by atomic mass is 32.2. The Balaban J connectivity index is 2.05. The zero-order valence-electron chi connectivity index (χ0n) is 12.7. The highest BCUT2D eigenvalue weighted by Crippen LogP contribution is 2.22. The average molecular weight is 327 g/mol. The molecule has 1 heterocycles. The number of rotatable bonds is 5. The maximum atomic E-state index is 12.6. The molecule has 1 aromatic heterocycles. The number of aromatic nitrogens is 2. The van der Waals surface area contributed by atoms with Crippen molar-refractivity contribution >= 4 is 27.0 Å². The Morgan fingerprint density at radius 3 is 2.57 bits per heavy atom. The van der Waals surface area contributed by atoms with Gasteiger partial charge in [-0.25, -0.2) is 18.1 Å². The topological polar surface area (TPSA) is 64.0 Å². The number of para-hydroxylation sites is 2. The largest absolute Gasteiger partial charge is 0.306 e. The Morgan fingerprint density at radius 1 is 1.17 bits per heavy atom. The second-order valence-corrected chi connectivity index (χ2v) is 6.92. The predicted octanol–water partition coefficient (Wildman–Crippen LogP) is 3.33. The fourth-order valence-electron chi connectivity index (χ4n) is 2.36. The van der Waals surface area contributed by atoms with Crippen molar-refractivity contribution in [2.45, 2.75) is 18.4 Å². The van der Waals surface area contributed by atoms with Gasteiger partial charge >= 0.3 is 0 Å². The number of sulfonamides is 1. The number of hydrogen-bond acceptors (Lipinski definition) is 3. The van der Waals surface area contributed by atoms with Gasteiger partial charge in [-0.2, -0.15) is 0 Å². The average Bonchev–Trinajstić information content (AvgIpc) is 2.85. The van der Waals surface area contributed by atoms with Gasteiger partial charge in [-0.3, -0.25) is 0 Å². The Morgan fingerprint density at radius 2 is 1.87 bits per heavy atom. The number of aryl methyl sites for hydroxylation is 1. The van der Waals surface area contributed by atoms with Crippen LogP contribution in [0.15, 0.2) is 66.1 Å². The zero-order valence-corrected chi connectivity index (χ0v) is 13.5. The Labute approximate surface area is 135 Å². The van der Waals surface area contributed by atoms with Gasteiger partial charge in [-0.05, 0) is 31.2 Å². The third kappa shape index (κ3) is 2.98. The van der Waals surface area contributed by atoms with Crippen LogP contribution in [0.1, 0.15) is 5.56 Å². The lowest BCUT2D eigenvalue weighted by Crippen LogP contribution is -2.16. The highest BCUT2D eigenvalue weighted by Gasteiger charge is 2.18. The van der Waals surface area contributed by atoms with E-state index in [-0.39, 0.29) is 10.8 Å². The van der Waals surface area contributed by atoms with E-state index in [4.69, 9.17) is 0 Å². The SMILES string of the molecule is C=CCn1c(NS(=O)(=O)c2ccc(C)cc2)nc2ccccc21. The molecule has 5 nitrogen and oxygen atoms in total. The number of imidazole rings is 1. The summed E-state index contributed by atoms with van der Waals surface area (Å²) in [5.74, 6) is 0.284. The molecule has 0 aliphatic carbocycles. The van der Waals surface area contributed by atoms with Crippen LogP contribution in [0.4, 0.5) is 5.95 Å². The number of hydrogen-bond donors (Lipinski definition) is 1. The monoisotopic (exact) mass is 327 g/mol. The summed E-state index contributed by atoms with van der Waals surface area (Å²) in [6, 6.07) is 14.2. The minimum absolute atomic E-state index is 0.209. The van der Waals surface area contributed by atoms with Crippen LogP contribution < -0.4 is 4.72 Å². The number of benzene rings is 2. The van der Waals surface area contributed by atoms with Gasteiger partial charge in [0, 0.05) is 6.54 Å². The van der Waals surface area contributed by atoms with E-state index in [0.717, 1.165) is 16.6 Å². The van der Waals surface area contributed by atoms with Crippen molar-refractivity contribution in [3.63, 3.8) is 0 Å².